The summed E-state index contributed by atoms with van der Waals surface area (Å²) in [5.41, 5.74) is 7.95. The van der Waals surface area contributed by atoms with E-state index in [1.807, 2.05) is 35.2 Å². The summed E-state index contributed by atoms with van der Waals surface area (Å²) >= 11 is 6.83. The van der Waals surface area contributed by atoms with Gasteiger partial charge in [-0.3, -0.25) is 0 Å². The van der Waals surface area contributed by atoms with Crippen LogP contribution in [-0.4, -0.2) is 50.5 Å². The number of likely N-dealkylation sites (N-methyl/N-ethyl adjacent to an activating group) is 1. The minimum absolute atomic E-state index is 0.0161. The average molecular weight is 570 g/mol. The van der Waals surface area contributed by atoms with E-state index in [1.165, 1.54) is 23.9 Å². The molecule has 0 spiro atoms. The number of hydrogen-bond donors (Lipinski definition) is 2. The van der Waals surface area contributed by atoms with Crippen molar-refractivity contribution >= 4 is 44.7 Å². The summed E-state index contributed by atoms with van der Waals surface area (Å²) in [6, 6.07) is 15.7. The number of methoxy groups -OCH3 is 1. The topological polar surface area (TPSA) is 113 Å². The highest BCUT2D eigenvalue weighted by molar-refractivity contribution is 7.89. The Balaban J connectivity index is 1.73. The van der Waals surface area contributed by atoms with Gasteiger partial charge in [-0.15, -0.1) is 0 Å². The van der Waals surface area contributed by atoms with E-state index < -0.39 is 16.0 Å². The molecule has 1 aliphatic heterocycles. The van der Waals surface area contributed by atoms with Crippen LogP contribution in [0.25, 0.3) is 11.1 Å². The zero-order chi connectivity index (χ0) is 27.9. The van der Waals surface area contributed by atoms with Crippen LogP contribution in [0.4, 0.5) is 17.1 Å². The SMILES string of the molecule is COc1cc(-c2cc3c(cc2Cl)N(c2ccccc2)C[C@@H](C2CCCCC2)N(C)S3(=O)=O)cc(C(=O)O)c1N. The Labute approximate surface area is 234 Å². The van der Waals surface area contributed by atoms with Crippen molar-refractivity contribution in [2.75, 3.05) is 31.3 Å². The molecule has 0 radical (unpaired) electrons. The highest BCUT2D eigenvalue weighted by Gasteiger charge is 2.41. The number of nitrogen functional groups attached to an aromatic ring is 1. The van der Waals surface area contributed by atoms with E-state index in [1.54, 1.807) is 25.2 Å². The van der Waals surface area contributed by atoms with Crippen LogP contribution >= 0.6 is 11.6 Å². The summed E-state index contributed by atoms with van der Waals surface area (Å²) in [6.07, 6.45) is 5.32. The molecule has 1 fully saturated rings. The first kappa shape index (κ1) is 27.3. The van der Waals surface area contributed by atoms with Crippen LogP contribution in [0.1, 0.15) is 42.5 Å². The number of carboxylic acid groups (broad SMARTS) is 1. The zero-order valence-electron chi connectivity index (χ0n) is 21.9. The summed E-state index contributed by atoms with van der Waals surface area (Å²) in [4.78, 5) is 14.0. The highest BCUT2D eigenvalue weighted by atomic mass is 35.5. The van der Waals surface area contributed by atoms with Gasteiger partial charge in [0.2, 0.25) is 10.0 Å². The van der Waals surface area contributed by atoms with Crippen molar-refractivity contribution < 1.29 is 23.1 Å². The molecule has 10 heteroatoms. The van der Waals surface area contributed by atoms with Gasteiger partial charge in [0.05, 0.1) is 29.1 Å². The van der Waals surface area contributed by atoms with Gasteiger partial charge in [-0.05, 0) is 60.7 Å². The van der Waals surface area contributed by atoms with E-state index in [9.17, 15) is 18.3 Å². The second-order valence-electron chi connectivity index (χ2n) is 10.2. The Hall–Kier alpha value is -3.27. The van der Waals surface area contributed by atoms with Crippen LogP contribution in [0.3, 0.4) is 0 Å². The van der Waals surface area contributed by atoms with Gasteiger partial charge in [-0.25, -0.2) is 13.2 Å². The van der Waals surface area contributed by atoms with E-state index in [-0.39, 0.29) is 38.9 Å². The van der Waals surface area contributed by atoms with Crippen LogP contribution in [0.15, 0.2) is 59.5 Å². The average Bonchev–Trinajstić information content (AvgIpc) is 3.01. The summed E-state index contributed by atoms with van der Waals surface area (Å²) in [5, 5.41) is 9.99. The molecule has 2 aliphatic rings. The normalized spacial score (nSPS) is 19.8. The predicted octanol–water partition coefficient (Wildman–Crippen LogP) is 6.02. The first-order chi connectivity index (χ1) is 18.6. The Kier molecular flexibility index (Phi) is 7.50. The number of carboxylic acids is 1. The molecule has 0 bridgehead atoms. The molecule has 0 aromatic heterocycles. The molecule has 1 saturated carbocycles. The van der Waals surface area contributed by atoms with Crippen molar-refractivity contribution in [1.29, 1.82) is 0 Å². The fourth-order valence-electron chi connectivity index (χ4n) is 5.86. The van der Waals surface area contributed by atoms with Gasteiger partial charge in [0.15, 0.2) is 0 Å². The molecule has 0 unspecified atom stereocenters. The lowest BCUT2D eigenvalue weighted by molar-refractivity contribution is 0.0697. The monoisotopic (exact) mass is 569 g/mol. The molecule has 3 aromatic rings. The first-order valence-electron chi connectivity index (χ1n) is 13.0. The van der Waals surface area contributed by atoms with Crippen molar-refractivity contribution in [2.24, 2.45) is 5.92 Å². The largest absolute Gasteiger partial charge is 0.495 e. The Morgan fingerprint density at radius 1 is 1.08 bits per heavy atom. The smallest absolute Gasteiger partial charge is 0.337 e. The molecule has 39 heavy (non-hydrogen) atoms. The molecular formula is C29H32ClN3O5S. The standard InChI is InChI=1S/C29H32ClN3O5S/c1-32-25(18-9-5-3-6-10-18)17-33(20-11-7-4-8-12-20)24-16-23(30)21(15-27(24)39(32,36)37)19-13-22(29(34)35)28(31)26(14-19)38-2/h4,7-8,11-16,18,25H,3,5-6,9-10,17,31H2,1-2H3,(H,34,35)/t25-/m0/s1. The Morgan fingerprint density at radius 3 is 2.41 bits per heavy atom. The predicted molar refractivity (Wildman–Crippen MR) is 154 cm³/mol. The number of ether oxygens (including phenoxy) is 1. The van der Waals surface area contributed by atoms with Crippen molar-refractivity contribution in [3.8, 4) is 16.9 Å². The number of anilines is 3. The van der Waals surface area contributed by atoms with E-state index in [0.29, 0.717) is 23.4 Å². The molecule has 1 aliphatic carbocycles. The van der Waals surface area contributed by atoms with Gasteiger partial charge < -0.3 is 20.5 Å². The van der Waals surface area contributed by atoms with Crippen molar-refractivity contribution in [1.82, 2.24) is 4.31 Å². The van der Waals surface area contributed by atoms with Crippen molar-refractivity contribution in [3.05, 3.63) is 65.2 Å². The van der Waals surface area contributed by atoms with Gasteiger partial charge in [0, 0.05) is 30.9 Å². The molecule has 1 atom stereocenters. The minimum atomic E-state index is -3.93. The van der Waals surface area contributed by atoms with E-state index in [4.69, 9.17) is 22.1 Å². The number of sulfonamides is 1. The zero-order valence-corrected chi connectivity index (χ0v) is 23.5. The molecule has 3 aromatic carbocycles. The minimum Gasteiger partial charge on any atom is -0.495 e. The Bertz CT molecular complexity index is 1510. The number of hydrogen-bond acceptors (Lipinski definition) is 6. The Morgan fingerprint density at radius 2 is 1.77 bits per heavy atom. The quantitative estimate of drug-likeness (QED) is 0.361. The fraction of sp³-hybridized carbons (Fsp3) is 0.345. The molecule has 5 rings (SSSR count). The second kappa shape index (κ2) is 10.7. The van der Waals surface area contributed by atoms with Gasteiger partial charge in [0.1, 0.15) is 10.6 Å². The molecule has 0 saturated heterocycles. The van der Waals surface area contributed by atoms with Crippen molar-refractivity contribution in [3.63, 3.8) is 0 Å². The number of aromatic carboxylic acids is 1. The number of nitrogens with two attached hydrogens (primary N) is 1. The van der Waals surface area contributed by atoms with Crippen molar-refractivity contribution in [2.45, 2.75) is 43.0 Å². The third kappa shape index (κ3) is 4.95. The number of nitrogens with zero attached hydrogens (tertiary/aromatic N) is 2. The number of rotatable bonds is 5. The van der Waals surface area contributed by atoms with Crippen LogP contribution in [0.2, 0.25) is 5.02 Å². The fourth-order valence-corrected chi connectivity index (χ4v) is 7.73. The molecule has 8 nitrogen and oxygen atoms in total. The van der Waals surface area contributed by atoms with Crippen LogP contribution < -0.4 is 15.4 Å². The lowest BCUT2D eigenvalue weighted by atomic mass is 9.83. The lowest BCUT2D eigenvalue weighted by Gasteiger charge is -2.36. The highest BCUT2D eigenvalue weighted by Crippen LogP contribution is 2.45. The van der Waals surface area contributed by atoms with E-state index >= 15 is 0 Å². The third-order valence-electron chi connectivity index (χ3n) is 8.00. The van der Waals surface area contributed by atoms with Gasteiger partial charge in [-0.1, -0.05) is 49.1 Å². The number of benzene rings is 3. The maximum Gasteiger partial charge on any atom is 0.337 e. The first-order valence-corrected chi connectivity index (χ1v) is 14.8. The summed E-state index contributed by atoms with van der Waals surface area (Å²) in [5.74, 6) is -0.816. The molecular weight excluding hydrogens is 538 g/mol. The van der Waals surface area contributed by atoms with Gasteiger partial charge in [-0.2, -0.15) is 4.31 Å². The van der Waals surface area contributed by atoms with Crippen LogP contribution in [-0.2, 0) is 10.0 Å². The lowest BCUT2D eigenvalue weighted by Crippen LogP contribution is -2.46. The summed E-state index contributed by atoms with van der Waals surface area (Å²) < 4.78 is 35.3. The second-order valence-corrected chi connectivity index (χ2v) is 12.6. The number of halogens is 1. The summed E-state index contributed by atoms with van der Waals surface area (Å²) in [7, 11) is -0.880. The summed E-state index contributed by atoms with van der Waals surface area (Å²) in [6.45, 7) is 0.492. The third-order valence-corrected chi connectivity index (χ3v) is 10.2. The number of carbonyl (C=O) groups is 1. The molecule has 0 amide bonds. The van der Waals surface area contributed by atoms with Gasteiger partial charge in [0.25, 0.3) is 0 Å². The number of fused-ring (bicyclic) bond motifs is 1. The molecule has 1 heterocycles. The van der Waals surface area contributed by atoms with E-state index in [2.05, 4.69) is 0 Å². The molecule has 206 valence electrons. The maximum atomic E-state index is 14.2. The van der Waals surface area contributed by atoms with Crippen LogP contribution in [0.5, 0.6) is 5.75 Å². The van der Waals surface area contributed by atoms with Crippen LogP contribution in [0, 0.1) is 5.92 Å². The van der Waals surface area contributed by atoms with Gasteiger partial charge >= 0.3 is 5.97 Å². The van der Waals surface area contributed by atoms with E-state index in [0.717, 1.165) is 31.4 Å². The maximum absolute atomic E-state index is 14.2. The molecule has 3 N–H and O–H groups in total. The number of para-hydroxylation sites is 1.